The fourth-order valence-electron chi connectivity index (χ4n) is 4.61. The molecule has 0 aromatic heterocycles. The molecule has 0 radical (unpaired) electrons. The van der Waals surface area contributed by atoms with Crippen molar-refractivity contribution < 1.29 is 14.5 Å². The molecule has 3 aromatic rings. The number of nitrogens with one attached hydrogen (secondary N) is 1. The third-order valence-electron chi connectivity index (χ3n) is 6.37. The number of hydrazone groups is 1. The molecular formula is C26H23N5O4. The summed E-state index contributed by atoms with van der Waals surface area (Å²) in [4.78, 5) is 38.4. The van der Waals surface area contributed by atoms with Crippen LogP contribution in [0.3, 0.4) is 0 Å². The highest BCUT2D eigenvalue weighted by Crippen LogP contribution is 2.34. The molecule has 1 fully saturated rings. The molecule has 2 heterocycles. The Hall–Kier alpha value is -4.53. The second kappa shape index (κ2) is 9.38. The summed E-state index contributed by atoms with van der Waals surface area (Å²) in [6, 6.07) is 24.1. The summed E-state index contributed by atoms with van der Waals surface area (Å²) in [7, 11) is 0. The van der Waals surface area contributed by atoms with Crippen LogP contribution in [0.4, 0.5) is 16.2 Å². The van der Waals surface area contributed by atoms with E-state index in [0.717, 1.165) is 11.3 Å². The maximum atomic E-state index is 13.3. The predicted octanol–water partition coefficient (Wildman–Crippen LogP) is 4.38. The maximum Gasteiger partial charge on any atom is 0.321 e. The van der Waals surface area contributed by atoms with Gasteiger partial charge in [-0.1, -0.05) is 48.5 Å². The molecule has 2 atom stereocenters. The van der Waals surface area contributed by atoms with E-state index < -0.39 is 4.92 Å². The van der Waals surface area contributed by atoms with Crippen LogP contribution in [-0.4, -0.2) is 51.6 Å². The number of anilines is 1. The van der Waals surface area contributed by atoms with Gasteiger partial charge in [0, 0.05) is 42.4 Å². The molecular weight excluding hydrogens is 446 g/mol. The zero-order valence-corrected chi connectivity index (χ0v) is 18.8. The minimum absolute atomic E-state index is 0.0401. The molecule has 176 valence electrons. The van der Waals surface area contributed by atoms with Crippen molar-refractivity contribution in [3.8, 4) is 0 Å². The first kappa shape index (κ1) is 22.3. The number of nitro groups is 1. The van der Waals surface area contributed by atoms with Crippen LogP contribution in [-0.2, 0) is 0 Å². The van der Waals surface area contributed by atoms with Crippen LogP contribution in [0.25, 0.3) is 0 Å². The van der Waals surface area contributed by atoms with E-state index in [1.807, 2.05) is 48.5 Å². The minimum atomic E-state index is -0.483. The first-order valence-electron chi connectivity index (χ1n) is 11.3. The molecule has 0 spiro atoms. The van der Waals surface area contributed by atoms with Crippen molar-refractivity contribution in [1.82, 2.24) is 9.91 Å². The van der Waals surface area contributed by atoms with E-state index in [4.69, 9.17) is 5.10 Å². The largest absolute Gasteiger partial charge is 0.324 e. The summed E-state index contributed by atoms with van der Waals surface area (Å²) in [5.41, 5.74) is 2.72. The van der Waals surface area contributed by atoms with Crippen molar-refractivity contribution in [2.45, 2.75) is 12.5 Å². The van der Waals surface area contributed by atoms with Crippen LogP contribution in [0.15, 0.2) is 90.0 Å². The fourth-order valence-corrected chi connectivity index (χ4v) is 4.61. The zero-order chi connectivity index (χ0) is 24.4. The summed E-state index contributed by atoms with van der Waals surface area (Å²) < 4.78 is 0. The number of fused-ring (bicyclic) bond motifs is 1. The number of nitro benzene ring substituents is 1. The van der Waals surface area contributed by atoms with Crippen LogP contribution in [0.2, 0.25) is 0 Å². The van der Waals surface area contributed by atoms with E-state index in [9.17, 15) is 19.7 Å². The molecule has 35 heavy (non-hydrogen) atoms. The number of non-ortho nitro benzene ring substituents is 1. The Morgan fingerprint density at radius 3 is 2.26 bits per heavy atom. The quantitative estimate of drug-likeness (QED) is 0.452. The van der Waals surface area contributed by atoms with Crippen LogP contribution in [0.1, 0.15) is 22.3 Å². The summed E-state index contributed by atoms with van der Waals surface area (Å²) >= 11 is 0. The van der Waals surface area contributed by atoms with Gasteiger partial charge >= 0.3 is 6.03 Å². The van der Waals surface area contributed by atoms with Crippen molar-refractivity contribution in [3.63, 3.8) is 0 Å². The van der Waals surface area contributed by atoms with Crippen LogP contribution in [0.5, 0.6) is 0 Å². The number of carbonyl (C=O) groups is 2. The van der Waals surface area contributed by atoms with Gasteiger partial charge in [0.2, 0.25) is 0 Å². The monoisotopic (exact) mass is 469 g/mol. The number of urea groups is 1. The number of piperidine rings is 1. The summed E-state index contributed by atoms with van der Waals surface area (Å²) in [6.45, 7) is 0.853. The topological polar surface area (TPSA) is 108 Å². The van der Waals surface area contributed by atoms with Crippen LogP contribution < -0.4 is 5.32 Å². The van der Waals surface area contributed by atoms with Crippen molar-refractivity contribution >= 4 is 29.0 Å². The number of likely N-dealkylation sites (tertiary alicyclic amines) is 1. The van der Waals surface area contributed by atoms with Crippen molar-refractivity contribution in [1.29, 1.82) is 0 Å². The van der Waals surface area contributed by atoms with Gasteiger partial charge in [-0.25, -0.2) is 9.80 Å². The lowest BCUT2D eigenvalue weighted by Gasteiger charge is -2.37. The second-order valence-electron chi connectivity index (χ2n) is 8.51. The van der Waals surface area contributed by atoms with E-state index in [2.05, 4.69) is 5.32 Å². The Morgan fingerprint density at radius 1 is 0.943 bits per heavy atom. The third kappa shape index (κ3) is 4.48. The standard InChI is InChI=1S/C26H23N5O4/c32-25(19-9-5-2-6-10-19)30-23-15-16-29(17-22(23)24(28-30)18-7-3-1-4-8-18)26(33)27-20-11-13-21(14-12-20)31(34)35/h1-14,22-23H,15-17H2,(H,27,33). The van der Waals surface area contributed by atoms with E-state index in [-0.39, 0.29) is 29.6 Å². The van der Waals surface area contributed by atoms with Gasteiger partial charge in [-0.05, 0) is 36.2 Å². The average Bonchev–Trinajstić information content (AvgIpc) is 3.28. The van der Waals surface area contributed by atoms with Gasteiger partial charge in [0.25, 0.3) is 11.6 Å². The van der Waals surface area contributed by atoms with Gasteiger partial charge in [-0.15, -0.1) is 0 Å². The Labute approximate surface area is 201 Å². The number of hydrogen-bond donors (Lipinski definition) is 1. The second-order valence-corrected chi connectivity index (χ2v) is 8.51. The van der Waals surface area contributed by atoms with Crippen LogP contribution >= 0.6 is 0 Å². The molecule has 0 bridgehead atoms. The number of benzene rings is 3. The maximum absolute atomic E-state index is 13.3. The molecule has 3 aromatic carbocycles. The SMILES string of the molecule is O=C(Nc1ccc([N+](=O)[O-])cc1)N1CCC2C(C1)C(c1ccccc1)=NN2C(=O)c1ccccc1. The van der Waals surface area contributed by atoms with Gasteiger partial charge in [0.05, 0.1) is 16.7 Å². The lowest BCUT2D eigenvalue weighted by Crippen LogP contribution is -2.52. The van der Waals surface area contributed by atoms with E-state index in [0.29, 0.717) is 30.8 Å². The van der Waals surface area contributed by atoms with Gasteiger partial charge in [-0.3, -0.25) is 14.9 Å². The van der Waals surface area contributed by atoms with Gasteiger partial charge < -0.3 is 10.2 Å². The minimum Gasteiger partial charge on any atom is -0.324 e. The Balaban J connectivity index is 1.37. The zero-order valence-electron chi connectivity index (χ0n) is 18.8. The highest BCUT2D eigenvalue weighted by Gasteiger charge is 2.45. The molecule has 9 heteroatoms. The Bertz CT molecular complexity index is 1280. The normalized spacial score (nSPS) is 19.0. The summed E-state index contributed by atoms with van der Waals surface area (Å²) in [5, 5.41) is 20.0. The molecule has 2 aliphatic rings. The highest BCUT2D eigenvalue weighted by atomic mass is 16.6. The lowest BCUT2D eigenvalue weighted by atomic mass is 9.86. The van der Waals surface area contributed by atoms with Crippen LogP contribution in [0, 0.1) is 16.0 Å². The number of nitrogens with zero attached hydrogens (tertiary/aromatic N) is 4. The summed E-state index contributed by atoms with van der Waals surface area (Å²) in [6.07, 6.45) is 0.580. The molecule has 2 aliphatic heterocycles. The van der Waals surface area contributed by atoms with Gasteiger partial charge in [-0.2, -0.15) is 5.10 Å². The molecule has 3 amide bonds. The summed E-state index contributed by atoms with van der Waals surface area (Å²) in [5.74, 6) is -0.295. The van der Waals surface area contributed by atoms with E-state index >= 15 is 0 Å². The molecule has 5 rings (SSSR count). The number of carbonyl (C=O) groups excluding carboxylic acids is 2. The van der Waals surface area contributed by atoms with Gasteiger partial charge in [0.1, 0.15) is 0 Å². The molecule has 2 unspecified atom stereocenters. The molecule has 1 saturated heterocycles. The Kier molecular flexibility index (Phi) is 5.97. The van der Waals surface area contributed by atoms with Crippen molar-refractivity contribution in [3.05, 3.63) is 106 Å². The first-order valence-corrected chi connectivity index (χ1v) is 11.3. The van der Waals surface area contributed by atoms with E-state index in [1.54, 1.807) is 22.0 Å². The molecule has 1 N–H and O–H groups in total. The van der Waals surface area contributed by atoms with Crippen molar-refractivity contribution in [2.24, 2.45) is 11.0 Å². The molecule has 9 nitrogen and oxygen atoms in total. The lowest BCUT2D eigenvalue weighted by molar-refractivity contribution is -0.384. The molecule has 0 aliphatic carbocycles. The van der Waals surface area contributed by atoms with Gasteiger partial charge in [0.15, 0.2) is 0 Å². The molecule has 0 saturated carbocycles. The third-order valence-corrected chi connectivity index (χ3v) is 6.37. The van der Waals surface area contributed by atoms with E-state index in [1.165, 1.54) is 24.3 Å². The first-order chi connectivity index (χ1) is 17.0. The fraction of sp³-hybridized carbons (Fsp3) is 0.192. The highest BCUT2D eigenvalue weighted by molar-refractivity contribution is 6.07. The predicted molar refractivity (Wildman–Crippen MR) is 131 cm³/mol. The Morgan fingerprint density at radius 2 is 1.60 bits per heavy atom. The average molecular weight is 470 g/mol. The smallest absolute Gasteiger partial charge is 0.321 e. The van der Waals surface area contributed by atoms with Crippen molar-refractivity contribution in [2.75, 3.05) is 18.4 Å². The number of amides is 3. The number of rotatable bonds is 4. The number of hydrogen-bond acceptors (Lipinski definition) is 5.